The zero-order valence-electron chi connectivity index (χ0n) is 23.4. The first-order chi connectivity index (χ1) is 16.8. The Kier molecular flexibility index (Phi) is 11.2. The third kappa shape index (κ3) is 11.4. The Balaban J connectivity index is 2.24. The van der Waals surface area contributed by atoms with Gasteiger partial charge in [0.05, 0.1) is 20.1 Å². The molecule has 1 N–H and O–H groups in total. The molecule has 8 heteroatoms. The van der Waals surface area contributed by atoms with Crippen LogP contribution >= 0.6 is 0 Å². The topological polar surface area (TPSA) is 74.1 Å². The van der Waals surface area contributed by atoms with Gasteiger partial charge in [-0.05, 0) is 98.8 Å². The lowest BCUT2D eigenvalue weighted by Crippen LogP contribution is -2.53. The van der Waals surface area contributed by atoms with E-state index in [-0.39, 0.29) is 0 Å². The van der Waals surface area contributed by atoms with Crippen LogP contribution in [-0.2, 0) is 16.0 Å². The minimum Gasteiger partial charge on any atom is -0.432 e. The molecule has 1 aromatic rings. The maximum absolute atomic E-state index is 13.4. The van der Waals surface area contributed by atoms with Gasteiger partial charge >= 0.3 is 18.1 Å². The number of hydrogen-bond acceptors (Lipinski definition) is 5. The van der Waals surface area contributed by atoms with Crippen LogP contribution in [0.25, 0.3) is 0 Å². The fourth-order valence-corrected chi connectivity index (χ4v) is 4.09. The lowest BCUT2D eigenvalue weighted by Gasteiger charge is -2.26. The number of likely N-dealkylation sites (tertiary alicyclic amines) is 1. The zero-order chi connectivity index (χ0) is 26.8. The Morgan fingerprint density at radius 1 is 0.944 bits per heavy atom. The molecule has 0 spiro atoms. The highest BCUT2D eigenvalue weighted by atomic mass is 16.6. The molecule has 1 aromatic carbocycles. The van der Waals surface area contributed by atoms with E-state index in [2.05, 4.69) is 10.2 Å². The maximum Gasteiger partial charge on any atom is 0.479 e. The second kappa shape index (κ2) is 13.6. The molecule has 8 nitrogen and oxygen atoms in total. The summed E-state index contributed by atoms with van der Waals surface area (Å²) in [6.45, 7) is 15.4. The number of hydrogen-bond donors (Lipinski definition) is 1. The summed E-state index contributed by atoms with van der Waals surface area (Å²) in [6, 6.07) is 9.92. The lowest BCUT2D eigenvalue weighted by atomic mass is 10.2. The number of ether oxygens (including phenoxy) is 2. The van der Waals surface area contributed by atoms with Crippen molar-refractivity contribution in [1.29, 1.82) is 0 Å². The van der Waals surface area contributed by atoms with Gasteiger partial charge in [0.2, 0.25) is 0 Å². The van der Waals surface area contributed by atoms with Crippen LogP contribution in [0.15, 0.2) is 30.3 Å². The van der Waals surface area contributed by atoms with Gasteiger partial charge in [0.15, 0.2) is 0 Å². The highest BCUT2D eigenvalue weighted by Gasteiger charge is 2.35. The molecule has 1 heterocycles. The third-order valence-electron chi connectivity index (χ3n) is 5.66. The number of alkyl carbamates (subject to hydrolysis) is 1. The molecule has 1 aliphatic heterocycles. The first-order valence-electron chi connectivity index (χ1n) is 13.2. The van der Waals surface area contributed by atoms with E-state index in [1.165, 1.54) is 30.8 Å². The fraction of sp³-hybridized carbons (Fsp3) is 0.679. The smallest absolute Gasteiger partial charge is 0.432 e. The van der Waals surface area contributed by atoms with E-state index in [0.29, 0.717) is 19.0 Å². The summed E-state index contributed by atoms with van der Waals surface area (Å²) in [4.78, 5) is 30.2. The number of nitrogens with one attached hydrogen (secondary N) is 1. The van der Waals surface area contributed by atoms with Crippen LogP contribution in [0.4, 0.5) is 9.59 Å². The largest absolute Gasteiger partial charge is 0.479 e. The Hall–Kier alpha value is -2.61. The average molecular weight is 504 g/mol. The first-order valence-corrected chi connectivity index (χ1v) is 13.2. The van der Waals surface area contributed by atoms with Crippen molar-refractivity contribution in [3.05, 3.63) is 35.9 Å². The monoisotopic (exact) mass is 503 g/mol. The van der Waals surface area contributed by atoms with E-state index in [1.807, 2.05) is 83.5 Å². The molecule has 1 fully saturated rings. The van der Waals surface area contributed by atoms with Crippen LogP contribution < -0.4 is 5.32 Å². The van der Waals surface area contributed by atoms with Crippen LogP contribution in [0.2, 0.25) is 0 Å². The van der Waals surface area contributed by atoms with Crippen molar-refractivity contribution in [2.75, 3.05) is 33.2 Å². The van der Waals surface area contributed by atoms with Crippen molar-refractivity contribution >= 4 is 18.1 Å². The highest BCUT2D eigenvalue weighted by molar-refractivity contribution is 5.99. The minimum absolute atomic E-state index is 0.349. The number of rotatable bonds is 8. The summed E-state index contributed by atoms with van der Waals surface area (Å²) in [5, 5.41) is 2.84. The maximum atomic E-state index is 13.4. The average Bonchev–Trinajstić information content (AvgIpc) is 3.26. The van der Waals surface area contributed by atoms with Crippen LogP contribution in [0.3, 0.4) is 0 Å². The first kappa shape index (κ1) is 29.6. The Morgan fingerprint density at radius 2 is 1.56 bits per heavy atom. The molecular weight excluding hydrogens is 456 g/mol. The molecule has 0 unspecified atom stereocenters. The van der Waals surface area contributed by atoms with Gasteiger partial charge in [-0.1, -0.05) is 30.3 Å². The second-order valence-corrected chi connectivity index (χ2v) is 11.5. The predicted molar refractivity (Wildman–Crippen MR) is 143 cm³/mol. The van der Waals surface area contributed by atoms with E-state index in [4.69, 9.17) is 9.47 Å². The predicted octanol–water partition coefficient (Wildman–Crippen LogP) is 5.21. The molecule has 1 saturated heterocycles. The summed E-state index contributed by atoms with van der Waals surface area (Å²) < 4.78 is 13.1. The van der Waals surface area contributed by atoms with Crippen molar-refractivity contribution in [1.82, 2.24) is 15.1 Å². The number of unbranched alkanes of at least 4 members (excludes halogenated alkanes) is 2. The summed E-state index contributed by atoms with van der Waals surface area (Å²) in [5.74, 6) is 0.349. The molecule has 1 aliphatic rings. The van der Waals surface area contributed by atoms with Crippen molar-refractivity contribution in [3.63, 3.8) is 0 Å². The van der Waals surface area contributed by atoms with Crippen molar-refractivity contribution in [2.24, 2.45) is 0 Å². The minimum atomic E-state index is -0.667. The summed E-state index contributed by atoms with van der Waals surface area (Å²) in [6.07, 6.45) is 4.33. The number of carbonyl (C=O) groups is 2. The van der Waals surface area contributed by atoms with Crippen LogP contribution in [0, 0.1) is 0 Å². The normalized spacial score (nSPS) is 15.3. The molecule has 2 rings (SSSR count). The number of amides is 2. The van der Waals surface area contributed by atoms with Gasteiger partial charge in [0.25, 0.3) is 0 Å². The standard InChI is InChI=1S/C28H46N4O4/c1-27(2,3)35-25(33)29-24(30(7)22-23-16-10-8-11-17-23)32(26(34)36-28(4,5)6)21-13-9-12-18-31-19-14-15-20-31/h8,10-11,16-17H,9,12-15,18-22H2,1-7H3/p+1. The molecule has 0 saturated carbocycles. The van der Waals surface area contributed by atoms with Crippen LogP contribution in [0.5, 0.6) is 0 Å². The van der Waals surface area contributed by atoms with E-state index in [0.717, 1.165) is 31.4 Å². The SMILES string of the molecule is C[N+](Cc1ccccc1)=C(NC(=O)OC(C)(C)C)N(CCCCCN1CCCC1)C(=O)OC(C)(C)C. The second-order valence-electron chi connectivity index (χ2n) is 11.5. The number of nitrogens with zero attached hydrogens (tertiary/aromatic N) is 3. The van der Waals surface area contributed by atoms with Gasteiger partial charge in [-0.2, -0.15) is 10.2 Å². The van der Waals surface area contributed by atoms with E-state index >= 15 is 0 Å². The highest BCUT2D eigenvalue weighted by Crippen LogP contribution is 2.14. The summed E-state index contributed by atoms with van der Waals surface area (Å²) in [7, 11) is 1.85. The number of carbonyl (C=O) groups excluding carboxylic acids is 2. The quantitative estimate of drug-likeness (QED) is 0.228. The van der Waals surface area contributed by atoms with Crippen molar-refractivity contribution in [2.45, 2.75) is 91.4 Å². The molecule has 202 valence electrons. The Bertz CT molecular complexity index is 866. The molecule has 0 bridgehead atoms. The Morgan fingerprint density at radius 3 is 2.14 bits per heavy atom. The zero-order valence-corrected chi connectivity index (χ0v) is 23.4. The number of guanidine groups is 1. The van der Waals surface area contributed by atoms with Gasteiger partial charge in [-0.15, -0.1) is 0 Å². The van der Waals surface area contributed by atoms with Crippen LogP contribution in [0.1, 0.15) is 79.2 Å². The van der Waals surface area contributed by atoms with E-state index < -0.39 is 23.4 Å². The fourth-order valence-electron chi connectivity index (χ4n) is 4.09. The van der Waals surface area contributed by atoms with Gasteiger partial charge in [-0.25, -0.2) is 9.59 Å². The van der Waals surface area contributed by atoms with E-state index in [9.17, 15) is 9.59 Å². The summed E-state index contributed by atoms with van der Waals surface area (Å²) in [5.41, 5.74) is -0.280. The van der Waals surface area contributed by atoms with Gasteiger partial charge in [0.1, 0.15) is 11.2 Å². The molecular formula is C28H47N4O4+. The van der Waals surface area contributed by atoms with Gasteiger partial charge in [-0.3, -0.25) is 4.58 Å². The number of benzene rings is 1. The summed E-state index contributed by atoms with van der Waals surface area (Å²) >= 11 is 0. The molecule has 0 atom stereocenters. The van der Waals surface area contributed by atoms with Crippen molar-refractivity contribution in [3.8, 4) is 0 Å². The molecule has 0 radical (unpaired) electrons. The Labute approximate surface area is 217 Å². The molecule has 36 heavy (non-hydrogen) atoms. The molecule has 0 aliphatic carbocycles. The van der Waals surface area contributed by atoms with E-state index in [1.54, 1.807) is 0 Å². The van der Waals surface area contributed by atoms with Crippen molar-refractivity contribution < 1.29 is 23.6 Å². The molecule has 2 amide bonds. The third-order valence-corrected chi connectivity index (χ3v) is 5.66. The van der Waals surface area contributed by atoms with Gasteiger partial charge < -0.3 is 14.4 Å². The van der Waals surface area contributed by atoms with Crippen LogP contribution in [-0.4, -0.2) is 77.0 Å². The molecule has 0 aromatic heterocycles. The van der Waals surface area contributed by atoms with Gasteiger partial charge in [0, 0.05) is 0 Å². The lowest BCUT2D eigenvalue weighted by molar-refractivity contribution is -0.520.